The van der Waals surface area contributed by atoms with E-state index in [0.717, 1.165) is 11.3 Å². The predicted molar refractivity (Wildman–Crippen MR) is 150 cm³/mol. The van der Waals surface area contributed by atoms with Crippen molar-refractivity contribution in [2.24, 2.45) is 4.99 Å². The molecule has 0 bridgehead atoms. The lowest BCUT2D eigenvalue weighted by Crippen LogP contribution is -2.40. The van der Waals surface area contributed by atoms with Gasteiger partial charge in [-0.05, 0) is 60.5 Å². The molecule has 42 heavy (non-hydrogen) atoms. The van der Waals surface area contributed by atoms with Crippen molar-refractivity contribution in [2.75, 3.05) is 20.3 Å². The Labute approximate surface area is 241 Å². The van der Waals surface area contributed by atoms with Gasteiger partial charge in [0.25, 0.3) is 11.2 Å². The number of ether oxygens (including phenoxy) is 3. The number of esters is 2. The summed E-state index contributed by atoms with van der Waals surface area (Å²) < 4.78 is 22.6. The fraction of sp³-hybridized carbons (Fsp3) is 0.172. The van der Waals surface area contributed by atoms with Crippen LogP contribution >= 0.6 is 11.3 Å². The number of methoxy groups -OCH3 is 1. The number of nitro benzene ring substituents is 1. The number of rotatable bonds is 9. The zero-order valence-corrected chi connectivity index (χ0v) is 23.2. The smallest absolute Gasteiger partial charge is 0.379 e. The third kappa shape index (κ3) is 5.82. The maximum absolute atomic E-state index is 13.8. The first-order chi connectivity index (χ1) is 20.3. The Hall–Kier alpha value is -5.14. The number of carbonyl (C=O) groups is 2. The summed E-state index contributed by atoms with van der Waals surface area (Å²) in [4.78, 5) is 54.7. The van der Waals surface area contributed by atoms with Crippen LogP contribution in [0.1, 0.15) is 34.6 Å². The lowest BCUT2D eigenvalue weighted by molar-refractivity contribution is -0.384. The minimum absolute atomic E-state index is 0.00503. The van der Waals surface area contributed by atoms with Gasteiger partial charge in [0.2, 0.25) is 5.76 Å². The summed E-state index contributed by atoms with van der Waals surface area (Å²) in [6.45, 7) is 1.85. The Bertz CT molecular complexity index is 1850. The molecule has 0 spiro atoms. The summed E-state index contributed by atoms with van der Waals surface area (Å²) in [5, 5.41) is 11.0. The van der Waals surface area contributed by atoms with Gasteiger partial charge in [0, 0.05) is 19.2 Å². The van der Waals surface area contributed by atoms with Crippen molar-refractivity contribution in [2.45, 2.75) is 13.0 Å². The molecule has 12 nitrogen and oxygen atoms in total. The SMILES string of the molecule is COCCOC(=O)C1=C(C)N=c2sc(=Cc3ccc([N+](=O)[O-])cc3)c(=O)n2C1c1ccc(OC(=O)c2ccco2)cc1. The van der Waals surface area contributed by atoms with Crippen LogP contribution in [0.5, 0.6) is 5.75 Å². The average molecular weight is 590 g/mol. The van der Waals surface area contributed by atoms with Gasteiger partial charge in [-0.1, -0.05) is 23.5 Å². The molecule has 0 N–H and O–H groups in total. The number of carbonyl (C=O) groups excluding carboxylic acids is 2. The van der Waals surface area contributed by atoms with Gasteiger partial charge in [-0.15, -0.1) is 0 Å². The molecule has 2 aromatic heterocycles. The third-order valence-corrected chi connectivity index (χ3v) is 7.28. The van der Waals surface area contributed by atoms with E-state index in [4.69, 9.17) is 18.6 Å². The average Bonchev–Trinajstić information content (AvgIpc) is 3.62. The number of hydrogen-bond donors (Lipinski definition) is 0. The summed E-state index contributed by atoms with van der Waals surface area (Å²) >= 11 is 1.12. The molecule has 0 saturated heterocycles. The van der Waals surface area contributed by atoms with Gasteiger partial charge in [-0.2, -0.15) is 0 Å². The van der Waals surface area contributed by atoms with Crippen molar-refractivity contribution in [3.05, 3.63) is 125 Å². The lowest BCUT2D eigenvalue weighted by atomic mass is 9.96. The van der Waals surface area contributed by atoms with E-state index in [9.17, 15) is 24.5 Å². The largest absolute Gasteiger partial charge is 0.460 e. The van der Waals surface area contributed by atoms with E-state index in [1.54, 1.807) is 55.5 Å². The second kappa shape index (κ2) is 12.2. The quantitative estimate of drug-likeness (QED) is 0.0942. The zero-order valence-electron chi connectivity index (χ0n) is 22.3. The highest BCUT2D eigenvalue weighted by Crippen LogP contribution is 2.32. The molecule has 1 aliphatic heterocycles. The predicted octanol–water partition coefficient (Wildman–Crippen LogP) is 3.15. The molecule has 0 amide bonds. The van der Waals surface area contributed by atoms with Gasteiger partial charge in [0.05, 0.1) is 39.6 Å². The molecule has 1 unspecified atom stereocenters. The number of fused-ring (bicyclic) bond motifs is 1. The van der Waals surface area contributed by atoms with Crippen LogP contribution < -0.4 is 19.6 Å². The molecule has 5 rings (SSSR count). The first-order valence-electron chi connectivity index (χ1n) is 12.6. The number of thiazole rings is 1. The Balaban J connectivity index is 1.56. The Kier molecular flexibility index (Phi) is 8.22. The number of furan rings is 1. The molecule has 0 fully saturated rings. The van der Waals surface area contributed by atoms with Gasteiger partial charge in [-0.25, -0.2) is 14.6 Å². The Morgan fingerprint density at radius 2 is 1.83 bits per heavy atom. The van der Waals surface area contributed by atoms with E-state index < -0.39 is 28.5 Å². The van der Waals surface area contributed by atoms with Crippen LogP contribution in [0.25, 0.3) is 6.08 Å². The van der Waals surface area contributed by atoms with Crippen molar-refractivity contribution < 1.29 is 33.1 Å². The second-order valence-electron chi connectivity index (χ2n) is 9.00. The molecule has 3 heterocycles. The van der Waals surface area contributed by atoms with Crippen LogP contribution in [0.3, 0.4) is 0 Å². The third-order valence-electron chi connectivity index (χ3n) is 6.29. The molecule has 13 heteroatoms. The highest BCUT2D eigenvalue weighted by atomic mass is 32.1. The maximum atomic E-state index is 13.8. The van der Waals surface area contributed by atoms with E-state index in [1.165, 1.54) is 36.1 Å². The number of nitro groups is 1. The number of hydrogen-bond acceptors (Lipinski definition) is 11. The van der Waals surface area contributed by atoms with Crippen molar-refractivity contribution in [1.82, 2.24) is 4.57 Å². The van der Waals surface area contributed by atoms with Gasteiger partial charge >= 0.3 is 11.9 Å². The fourth-order valence-corrected chi connectivity index (χ4v) is 5.35. The molecule has 1 atom stereocenters. The van der Waals surface area contributed by atoms with Crippen LogP contribution in [0.15, 0.2) is 92.4 Å². The zero-order chi connectivity index (χ0) is 29.8. The number of aromatic nitrogens is 1. The fourth-order valence-electron chi connectivity index (χ4n) is 4.31. The summed E-state index contributed by atoms with van der Waals surface area (Å²) in [5.41, 5.74) is 1.19. The van der Waals surface area contributed by atoms with Gasteiger partial charge in [0.1, 0.15) is 12.4 Å². The van der Waals surface area contributed by atoms with Crippen LogP contribution in [-0.4, -0.2) is 41.8 Å². The molecule has 0 aliphatic carbocycles. The van der Waals surface area contributed by atoms with Crippen molar-refractivity contribution >= 4 is 35.0 Å². The maximum Gasteiger partial charge on any atom is 0.379 e. The number of benzene rings is 2. The number of non-ortho nitro benzene ring substituents is 1. The van der Waals surface area contributed by atoms with E-state index in [2.05, 4.69) is 4.99 Å². The van der Waals surface area contributed by atoms with E-state index >= 15 is 0 Å². The summed E-state index contributed by atoms with van der Waals surface area (Å²) in [7, 11) is 1.48. The highest BCUT2D eigenvalue weighted by molar-refractivity contribution is 7.07. The molecule has 0 saturated carbocycles. The second-order valence-corrected chi connectivity index (χ2v) is 10.0. The van der Waals surface area contributed by atoms with Gasteiger partial charge < -0.3 is 18.6 Å². The highest BCUT2D eigenvalue weighted by Gasteiger charge is 2.33. The van der Waals surface area contributed by atoms with Gasteiger partial charge in [0.15, 0.2) is 4.80 Å². The topological polar surface area (TPSA) is 152 Å². The van der Waals surface area contributed by atoms with Crippen molar-refractivity contribution in [3.63, 3.8) is 0 Å². The molecule has 0 radical (unpaired) electrons. The van der Waals surface area contributed by atoms with Crippen LogP contribution in [0.2, 0.25) is 0 Å². The molecular weight excluding hydrogens is 566 g/mol. The van der Waals surface area contributed by atoms with Crippen LogP contribution in [0, 0.1) is 10.1 Å². The first kappa shape index (κ1) is 28.4. The number of allylic oxidation sites excluding steroid dienone is 1. The lowest BCUT2D eigenvalue weighted by Gasteiger charge is -2.25. The Morgan fingerprint density at radius 3 is 2.48 bits per heavy atom. The van der Waals surface area contributed by atoms with Crippen LogP contribution in [-0.2, 0) is 14.3 Å². The monoisotopic (exact) mass is 589 g/mol. The number of nitrogens with zero attached hydrogens (tertiary/aromatic N) is 3. The Morgan fingerprint density at radius 1 is 1.10 bits per heavy atom. The van der Waals surface area contributed by atoms with Crippen LogP contribution in [0.4, 0.5) is 5.69 Å². The van der Waals surface area contributed by atoms with Crippen molar-refractivity contribution in [3.8, 4) is 5.75 Å². The molecule has 214 valence electrons. The minimum Gasteiger partial charge on any atom is -0.460 e. The molecular formula is C29H23N3O9S. The van der Waals surface area contributed by atoms with E-state index in [1.807, 2.05) is 0 Å². The van der Waals surface area contributed by atoms with Gasteiger partial charge in [-0.3, -0.25) is 19.5 Å². The molecule has 4 aromatic rings. The first-order valence-corrected chi connectivity index (χ1v) is 13.4. The molecule has 2 aromatic carbocycles. The van der Waals surface area contributed by atoms with E-state index in [0.29, 0.717) is 26.2 Å². The normalized spacial score (nSPS) is 14.7. The van der Waals surface area contributed by atoms with E-state index in [-0.39, 0.29) is 36.0 Å². The minimum atomic E-state index is -0.898. The van der Waals surface area contributed by atoms with Crippen molar-refractivity contribution in [1.29, 1.82) is 0 Å². The molecule has 1 aliphatic rings. The summed E-state index contributed by atoms with van der Waals surface area (Å²) in [6.07, 6.45) is 2.97. The standard InChI is InChI=1S/C29H23N3O9S/c1-17-24(28(35)40-15-14-38-2)25(19-7-11-21(12-8-19)41-27(34)22-4-3-13-39-22)31-26(33)23(42-29(31)30-17)16-18-5-9-20(10-6-18)32(36)37/h3-13,16,25H,14-15H2,1-2H3. The summed E-state index contributed by atoms with van der Waals surface area (Å²) in [6, 6.07) is 14.3. The summed E-state index contributed by atoms with van der Waals surface area (Å²) in [5.74, 6) is -1.06.